The van der Waals surface area contributed by atoms with Crippen molar-refractivity contribution in [3.8, 4) is 0 Å². The van der Waals surface area contributed by atoms with E-state index in [2.05, 4.69) is 49.1 Å². The lowest BCUT2D eigenvalue weighted by atomic mass is 10.2. The van der Waals surface area contributed by atoms with Crippen LogP contribution in [0.5, 0.6) is 0 Å². The van der Waals surface area contributed by atoms with Gasteiger partial charge in [-0.1, -0.05) is 48.5 Å². The van der Waals surface area contributed by atoms with Crippen LogP contribution in [0.3, 0.4) is 0 Å². The number of aliphatic imine (C=N–C) groups is 1. The van der Waals surface area contributed by atoms with E-state index in [1.54, 1.807) is 13.1 Å². The molecule has 2 aromatic carbocycles. The fraction of sp³-hybridized carbons (Fsp3) is 0.381. The lowest BCUT2D eigenvalue weighted by molar-refractivity contribution is 0.172. The van der Waals surface area contributed by atoms with Crippen LogP contribution in [0.15, 0.2) is 59.6 Å². The summed E-state index contributed by atoms with van der Waals surface area (Å²) in [6.07, 6.45) is 1.16. The molecule has 1 aliphatic heterocycles. The summed E-state index contributed by atoms with van der Waals surface area (Å²) in [4.78, 5) is 9.11. The Morgan fingerprint density at radius 3 is 2.27 bits per heavy atom. The molecule has 0 aliphatic carbocycles. The van der Waals surface area contributed by atoms with Crippen molar-refractivity contribution in [1.29, 1.82) is 0 Å². The molecule has 0 aromatic heterocycles. The number of guanidine groups is 1. The topological polar surface area (TPSA) is 77.0 Å². The molecule has 9 heteroatoms. The van der Waals surface area contributed by atoms with E-state index in [4.69, 9.17) is 0 Å². The molecule has 0 amide bonds. The summed E-state index contributed by atoms with van der Waals surface area (Å²) in [7, 11) is -1.54. The maximum Gasteiger partial charge on any atom is 0.229 e. The van der Waals surface area contributed by atoms with Gasteiger partial charge >= 0.3 is 0 Å². The van der Waals surface area contributed by atoms with E-state index >= 15 is 0 Å². The highest BCUT2D eigenvalue weighted by Gasteiger charge is 2.19. The predicted octanol–water partition coefficient (Wildman–Crippen LogP) is 2.57. The van der Waals surface area contributed by atoms with Crippen molar-refractivity contribution in [3.63, 3.8) is 0 Å². The summed E-state index contributed by atoms with van der Waals surface area (Å²) in [5, 5.41) is 3.37. The smallest absolute Gasteiger partial charge is 0.229 e. The first-order valence-corrected chi connectivity index (χ1v) is 11.6. The van der Waals surface area contributed by atoms with Crippen molar-refractivity contribution in [1.82, 2.24) is 15.1 Å². The van der Waals surface area contributed by atoms with Gasteiger partial charge in [-0.05, 0) is 17.2 Å². The van der Waals surface area contributed by atoms with Crippen LogP contribution in [0.4, 0.5) is 5.69 Å². The Labute approximate surface area is 196 Å². The van der Waals surface area contributed by atoms with E-state index in [1.807, 2.05) is 24.3 Å². The van der Waals surface area contributed by atoms with Crippen LogP contribution in [0, 0.1) is 0 Å². The average molecular weight is 543 g/mol. The molecule has 0 radical (unpaired) electrons. The molecule has 3 rings (SSSR count). The Bertz CT molecular complexity index is 929. The van der Waals surface area contributed by atoms with Crippen molar-refractivity contribution in [3.05, 3.63) is 65.7 Å². The Kier molecular flexibility index (Phi) is 9.37. The molecule has 1 heterocycles. The van der Waals surface area contributed by atoms with Gasteiger partial charge in [0, 0.05) is 46.3 Å². The first-order chi connectivity index (χ1) is 13.9. The minimum absolute atomic E-state index is 0. The lowest BCUT2D eigenvalue weighted by Crippen LogP contribution is -2.52. The van der Waals surface area contributed by atoms with E-state index in [9.17, 15) is 8.42 Å². The molecule has 1 aliphatic rings. The normalized spacial score (nSPS) is 15.4. The van der Waals surface area contributed by atoms with E-state index in [0.717, 1.165) is 50.5 Å². The molecular weight excluding hydrogens is 513 g/mol. The number of hydrogen-bond donors (Lipinski definition) is 2. The Hall–Kier alpha value is -1.85. The number of benzene rings is 2. The van der Waals surface area contributed by atoms with E-state index in [-0.39, 0.29) is 24.0 Å². The molecular formula is C21H30IN5O2S. The zero-order valence-corrected chi connectivity index (χ0v) is 20.6. The summed E-state index contributed by atoms with van der Waals surface area (Å²) in [5.41, 5.74) is 2.80. The highest BCUT2D eigenvalue weighted by molar-refractivity contribution is 14.0. The molecule has 7 nitrogen and oxygen atoms in total. The van der Waals surface area contributed by atoms with Gasteiger partial charge in [-0.25, -0.2) is 8.42 Å². The largest absolute Gasteiger partial charge is 0.352 e. The molecule has 0 unspecified atom stereocenters. The zero-order chi connectivity index (χ0) is 20.7. The third kappa shape index (κ3) is 7.44. The average Bonchev–Trinajstić information content (AvgIpc) is 2.70. The lowest BCUT2D eigenvalue weighted by Gasteiger charge is -2.36. The fourth-order valence-electron chi connectivity index (χ4n) is 3.44. The summed E-state index contributed by atoms with van der Waals surface area (Å²) in [5.74, 6) is 0.832. The summed E-state index contributed by atoms with van der Waals surface area (Å²) < 4.78 is 25.7. The van der Waals surface area contributed by atoms with E-state index in [0.29, 0.717) is 12.2 Å². The second kappa shape index (κ2) is 11.5. The van der Waals surface area contributed by atoms with Crippen LogP contribution < -0.4 is 10.0 Å². The minimum Gasteiger partial charge on any atom is -0.352 e. The third-order valence-corrected chi connectivity index (χ3v) is 5.47. The number of nitrogens with one attached hydrogen (secondary N) is 2. The summed E-state index contributed by atoms with van der Waals surface area (Å²) in [6, 6.07) is 17.9. The molecule has 0 bridgehead atoms. The van der Waals surface area contributed by atoms with Crippen LogP contribution >= 0.6 is 24.0 Å². The molecule has 30 heavy (non-hydrogen) atoms. The predicted molar refractivity (Wildman–Crippen MR) is 134 cm³/mol. The van der Waals surface area contributed by atoms with E-state index < -0.39 is 10.0 Å². The standard InChI is InChI=1S/C21H29N5O2S.HI/c1-22-21(23-16-19-10-6-7-11-20(19)24-29(2,27)28)26-14-12-25(13-15-26)17-18-8-4-3-5-9-18;/h3-11,24H,12-17H2,1-2H3,(H,22,23);1H. The molecule has 0 spiro atoms. The SMILES string of the molecule is CN=C(NCc1ccccc1NS(C)(=O)=O)N1CCN(Cc2ccccc2)CC1.I. The van der Waals surface area contributed by atoms with Gasteiger partial charge in [0.15, 0.2) is 5.96 Å². The van der Waals surface area contributed by atoms with Gasteiger partial charge in [0.25, 0.3) is 0 Å². The van der Waals surface area contributed by atoms with Crippen LogP contribution in [0.25, 0.3) is 0 Å². The number of rotatable bonds is 6. The first-order valence-electron chi connectivity index (χ1n) is 9.72. The molecule has 1 fully saturated rings. The van der Waals surface area contributed by atoms with Crippen molar-refractivity contribution < 1.29 is 8.42 Å². The maximum absolute atomic E-state index is 11.6. The molecule has 1 saturated heterocycles. The van der Waals surface area contributed by atoms with Crippen LogP contribution in [-0.4, -0.2) is 63.7 Å². The monoisotopic (exact) mass is 543 g/mol. The zero-order valence-electron chi connectivity index (χ0n) is 17.4. The molecule has 2 aromatic rings. The second-order valence-electron chi connectivity index (χ2n) is 7.18. The quantitative estimate of drug-likeness (QED) is 0.333. The number of nitrogens with zero attached hydrogens (tertiary/aromatic N) is 3. The number of para-hydroxylation sites is 1. The molecule has 2 N–H and O–H groups in total. The summed E-state index contributed by atoms with van der Waals surface area (Å²) in [6.45, 7) is 5.20. The second-order valence-corrected chi connectivity index (χ2v) is 8.93. The van der Waals surface area contributed by atoms with Gasteiger partial charge in [-0.2, -0.15) is 0 Å². The highest BCUT2D eigenvalue weighted by Crippen LogP contribution is 2.16. The molecule has 164 valence electrons. The van der Waals surface area contributed by atoms with Crippen molar-refractivity contribution >= 4 is 45.6 Å². The number of sulfonamides is 1. The van der Waals surface area contributed by atoms with Crippen molar-refractivity contribution in [2.45, 2.75) is 13.1 Å². The van der Waals surface area contributed by atoms with Gasteiger partial charge < -0.3 is 10.2 Å². The first kappa shape index (κ1) is 24.4. The molecule has 0 atom stereocenters. The van der Waals surface area contributed by atoms with Gasteiger partial charge in [-0.3, -0.25) is 14.6 Å². The minimum atomic E-state index is -3.32. The van der Waals surface area contributed by atoms with Crippen LogP contribution in [0.2, 0.25) is 0 Å². The van der Waals surface area contributed by atoms with Gasteiger partial charge in [-0.15, -0.1) is 24.0 Å². The van der Waals surface area contributed by atoms with Crippen molar-refractivity contribution in [2.24, 2.45) is 4.99 Å². The van der Waals surface area contributed by atoms with Crippen LogP contribution in [0.1, 0.15) is 11.1 Å². The Morgan fingerprint density at radius 2 is 1.63 bits per heavy atom. The van der Waals surface area contributed by atoms with Crippen LogP contribution in [-0.2, 0) is 23.1 Å². The Morgan fingerprint density at radius 1 is 1.00 bits per heavy atom. The Balaban J connectivity index is 0.00000320. The highest BCUT2D eigenvalue weighted by atomic mass is 127. The van der Waals surface area contributed by atoms with E-state index in [1.165, 1.54) is 5.56 Å². The van der Waals surface area contributed by atoms with Gasteiger partial charge in [0.05, 0.1) is 11.9 Å². The van der Waals surface area contributed by atoms with Gasteiger partial charge in [0.2, 0.25) is 10.0 Å². The number of hydrogen-bond acceptors (Lipinski definition) is 4. The number of piperazine rings is 1. The molecule has 0 saturated carbocycles. The van der Waals surface area contributed by atoms with Gasteiger partial charge in [0.1, 0.15) is 0 Å². The number of anilines is 1. The third-order valence-electron chi connectivity index (χ3n) is 4.88. The summed E-state index contributed by atoms with van der Waals surface area (Å²) >= 11 is 0. The maximum atomic E-state index is 11.6. The number of halogens is 1. The van der Waals surface area contributed by atoms with Crippen molar-refractivity contribution in [2.75, 3.05) is 44.2 Å². The fourth-order valence-corrected chi connectivity index (χ4v) is 4.04.